The van der Waals surface area contributed by atoms with Crippen LogP contribution in [0.1, 0.15) is 27.3 Å². The fraction of sp³-hybridized carbons (Fsp3) is 0.120. The van der Waals surface area contributed by atoms with E-state index in [4.69, 9.17) is 0 Å². The SMILES string of the molecule is Cc1c([C@@H]2Sc3ccccc3NC2=O)c2ccccn2c1[C@@H]1Sc2ccccc2NC1=O. The number of carbonyl (C=O) groups is 2. The van der Waals surface area contributed by atoms with Gasteiger partial charge in [-0.25, -0.2) is 0 Å². The minimum Gasteiger partial charge on any atom is -0.324 e. The van der Waals surface area contributed by atoms with E-state index in [-0.39, 0.29) is 17.1 Å². The molecule has 0 aliphatic carbocycles. The summed E-state index contributed by atoms with van der Waals surface area (Å²) in [6.45, 7) is 2.03. The van der Waals surface area contributed by atoms with Crippen LogP contribution in [0.3, 0.4) is 0 Å². The van der Waals surface area contributed by atoms with Crippen LogP contribution in [0.15, 0.2) is 82.7 Å². The highest BCUT2D eigenvalue weighted by Crippen LogP contribution is 2.50. The molecule has 2 aromatic carbocycles. The molecule has 0 spiro atoms. The van der Waals surface area contributed by atoms with Crippen molar-refractivity contribution in [3.63, 3.8) is 0 Å². The van der Waals surface area contributed by atoms with Crippen molar-refractivity contribution in [3.8, 4) is 0 Å². The first-order valence-corrected chi connectivity index (χ1v) is 12.1. The van der Waals surface area contributed by atoms with Gasteiger partial charge in [-0.2, -0.15) is 0 Å². The Kier molecular flexibility index (Phi) is 4.55. The topological polar surface area (TPSA) is 62.6 Å². The van der Waals surface area contributed by atoms with Gasteiger partial charge in [-0.1, -0.05) is 30.3 Å². The Morgan fingerprint density at radius 2 is 1.31 bits per heavy atom. The van der Waals surface area contributed by atoms with Crippen LogP contribution in [0.25, 0.3) is 5.52 Å². The number of para-hydroxylation sites is 2. The van der Waals surface area contributed by atoms with E-state index in [1.165, 1.54) is 0 Å². The quantitative estimate of drug-likeness (QED) is 0.398. The fourth-order valence-corrected chi connectivity index (χ4v) is 6.97. The van der Waals surface area contributed by atoms with Gasteiger partial charge in [-0.15, -0.1) is 23.5 Å². The summed E-state index contributed by atoms with van der Waals surface area (Å²) in [5.74, 6) is -0.0801. The van der Waals surface area contributed by atoms with E-state index in [9.17, 15) is 9.59 Å². The summed E-state index contributed by atoms with van der Waals surface area (Å²) in [6, 6.07) is 21.7. The normalized spacial score (nSPS) is 19.8. The molecule has 2 atom stereocenters. The molecule has 5 nitrogen and oxygen atoms in total. The molecule has 0 fully saturated rings. The minimum atomic E-state index is -0.405. The fourth-order valence-electron chi connectivity index (χ4n) is 4.51. The highest BCUT2D eigenvalue weighted by Gasteiger charge is 2.37. The van der Waals surface area contributed by atoms with Crippen LogP contribution in [-0.2, 0) is 9.59 Å². The van der Waals surface area contributed by atoms with Gasteiger partial charge in [0.05, 0.1) is 16.9 Å². The first-order valence-electron chi connectivity index (χ1n) is 10.3. The Bertz CT molecular complexity index is 1310. The van der Waals surface area contributed by atoms with Crippen LogP contribution in [-0.4, -0.2) is 16.2 Å². The number of hydrogen-bond donors (Lipinski definition) is 2. The molecule has 2 amide bonds. The van der Waals surface area contributed by atoms with Gasteiger partial charge in [0.1, 0.15) is 10.5 Å². The molecule has 158 valence electrons. The summed E-state index contributed by atoms with van der Waals surface area (Å²) in [5.41, 5.74) is 5.51. The lowest BCUT2D eigenvalue weighted by Gasteiger charge is -2.25. The maximum atomic E-state index is 13.1. The van der Waals surface area contributed by atoms with Crippen molar-refractivity contribution in [1.82, 2.24) is 4.40 Å². The van der Waals surface area contributed by atoms with Gasteiger partial charge in [0, 0.05) is 27.2 Å². The van der Waals surface area contributed by atoms with Gasteiger partial charge in [-0.3, -0.25) is 9.59 Å². The Balaban J connectivity index is 1.50. The number of nitrogens with one attached hydrogen (secondary N) is 2. The zero-order valence-electron chi connectivity index (χ0n) is 17.2. The number of benzene rings is 2. The molecular formula is C25H19N3O2S2. The molecule has 32 heavy (non-hydrogen) atoms. The van der Waals surface area contributed by atoms with Crippen molar-refractivity contribution in [2.45, 2.75) is 27.2 Å². The zero-order chi connectivity index (χ0) is 21.8. The number of hydrogen-bond acceptors (Lipinski definition) is 4. The lowest BCUT2D eigenvalue weighted by Crippen LogP contribution is -2.25. The largest absolute Gasteiger partial charge is 0.324 e. The van der Waals surface area contributed by atoms with Crippen LogP contribution < -0.4 is 10.6 Å². The van der Waals surface area contributed by atoms with E-state index >= 15 is 0 Å². The van der Waals surface area contributed by atoms with Gasteiger partial charge in [-0.05, 0) is 48.9 Å². The number of amides is 2. The molecule has 4 aromatic rings. The van der Waals surface area contributed by atoms with E-state index in [1.54, 1.807) is 23.5 Å². The van der Waals surface area contributed by atoms with Crippen LogP contribution in [0.2, 0.25) is 0 Å². The summed E-state index contributed by atoms with van der Waals surface area (Å²) in [7, 11) is 0. The van der Waals surface area contributed by atoms with Crippen molar-refractivity contribution in [1.29, 1.82) is 0 Å². The smallest absolute Gasteiger partial charge is 0.243 e. The number of anilines is 2. The molecule has 0 unspecified atom stereocenters. The predicted molar refractivity (Wildman–Crippen MR) is 129 cm³/mol. The Labute approximate surface area is 193 Å². The van der Waals surface area contributed by atoms with E-state index in [0.29, 0.717) is 0 Å². The monoisotopic (exact) mass is 457 g/mol. The van der Waals surface area contributed by atoms with E-state index in [0.717, 1.165) is 43.5 Å². The minimum absolute atomic E-state index is 0.0363. The number of rotatable bonds is 2. The summed E-state index contributed by atoms with van der Waals surface area (Å²) in [5, 5.41) is 5.32. The van der Waals surface area contributed by atoms with Gasteiger partial charge in [0.25, 0.3) is 0 Å². The van der Waals surface area contributed by atoms with E-state index in [1.807, 2.05) is 79.9 Å². The van der Waals surface area contributed by atoms with Crippen LogP contribution >= 0.6 is 23.5 Å². The number of fused-ring (bicyclic) bond motifs is 3. The van der Waals surface area contributed by atoms with Crippen LogP contribution in [0.4, 0.5) is 11.4 Å². The summed E-state index contributed by atoms with van der Waals surface area (Å²) in [6.07, 6.45) is 1.98. The zero-order valence-corrected chi connectivity index (χ0v) is 18.8. The van der Waals surface area contributed by atoms with Gasteiger partial charge in [0.15, 0.2) is 0 Å². The van der Waals surface area contributed by atoms with Gasteiger partial charge >= 0.3 is 0 Å². The molecule has 6 rings (SSSR count). The average molecular weight is 458 g/mol. The van der Waals surface area contributed by atoms with Gasteiger partial charge < -0.3 is 15.0 Å². The first-order chi connectivity index (χ1) is 15.6. The third-order valence-corrected chi connectivity index (χ3v) is 8.53. The summed E-state index contributed by atoms with van der Waals surface area (Å²) in [4.78, 5) is 28.4. The number of pyridine rings is 1. The molecule has 0 bridgehead atoms. The van der Waals surface area contributed by atoms with Crippen molar-refractivity contribution >= 4 is 52.2 Å². The second kappa shape index (κ2) is 7.46. The van der Waals surface area contributed by atoms with Crippen molar-refractivity contribution in [2.24, 2.45) is 0 Å². The van der Waals surface area contributed by atoms with Crippen LogP contribution in [0, 0.1) is 6.92 Å². The lowest BCUT2D eigenvalue weighted by molar-refractivity contribution is -0.116. The molecule has 0 radical (unpaired) electrons. The molecule has 7 heteroatoms. The third-order valence-electron chi connectivity index (χ3n) is 5.95. The van der Waals surface area contributed by atoms with Crippen molar-refractivity contribution in [2.75, 3.05) is 10.6 Å². The maximum absolute atomic E-state index is 13.1. The molecule has 2 aliphatic heterocycles. The Hall–Kier alpha value is -3.16. The van der Waals surface area contributed by atoms with E-state index in [2.05, 4.69) is 15.0 Å². The first kappa shape index (κ1) is 19.5. The third kappa shape index (κ3) is 2.96. The molecule has 0 saturated carbocycles. The van der Waals surface area contributed by atoms with Crippen molar-refractivity contribution in [3.05, 3.63) is 89.7 Å². The van der Waals surface area contributed by atoms with E-state index < -0.39 is 5.25 Å². The Morgan fingerprint density at radius 1 is 0.750 bits per heavy atom. The standard InChI is InChI=1S/C25H19N3O2S2/c1-14-20(22-24(29)26-15-8-2-4-11-18(15)31-22)17-10-6-7-13-28(17)21(14)23-25(30)27-16-9-3-5-12-19(16)32-23/h2-13,22-23H,1H3,(H,26,29)(H,27,30)/t22-,23-/m0/s1. The summed E-state index contributed by atoms with van der Waals surface area (Å²) < 4.78 is 2.07. The lowest BCUT2D eigenvalue weighted by atomic mass is 10.0. The predicted octanol–water partition coefficient (Wildman–Crippen LogP) is 5.82. The molecule has 4 heterocycles. The highest BCUT2D eigenvalue weighted by atomic mass is 32.2. The number of nitrogens with zero attached hydrogens (tertiary/aromatic N) is 1. The number of aromatic nitrogens is 1. The summed E-state index contributed by atoms with van der Waals surface area (Å²) >= 11 is 3.12. The molecule has 2 aliphatic rings. The highest BCUT2D eigenvalue weighted by molar-refractivity contribution is 8.00. The molecule has 0 saturated heterocycles. The molecule has 2 aromatic heterocycles. The molecular weight excluding hydrogens is 438 g/mol. The maximum Gasteiger partial charge on any atom is 0.243 e. The van der Waals surface area contributed by atoms with Gasteiger partial charge in [0.2, 0.25) is 11.8 Å². The Morgan fingerprint density at radius 3 is 2.00 bits per heavy atom. The van der Waals surface area contributed by atoms with Crippen molar-refractivity contribution < 1.29 is 9.59 Å². The second-order valence-electron chi connectivity index (χ2n) is 7.85. The molecule has 2 N–H and O–H groups in total. The second-order valence-corrected chi connectivity index (χ2v) is 10.1. The number of thioether (sulfide) groups is 2. The van der Waals surface area contributed by atoms with Crippen LogP contribution in [0.5, 0.6) is 0 Å². The average Bonchev–Trinajstić information content (AvgIpc) is 3.09. The number of carbonyl (C=O) groups excluding carboxylic acids is 2.